The molecular weight excluding hydrogens is 310 g/mol. The second kappa shape index (κ2) is 7.38. The molecule has 122 valence electrons. The van der Waals surface area contributed by atoms with Gasteiger partial charge in [-0.2, -0.15) is 0 Å². The van der Waals surface area contributed by atoms with Crippen LogP contribution in [-0.4, -0.2) is 37.0 Å². The van der Waals surface area contributed by atoms with Crippen molar-refractivity contribution in [3.63, 3.8) is 0 Å². The van der Waals surface area contributed by atoms with E-state index in [0.717, 1.165) is 37.8 Å². The van der Waals surface area contributed by atoms with Crippen molar-refractivity contribution in [2.45, 2.75) is 19.3 Å². The quantitative estimate of drug-likeness (QED) is 0.919. The molecular formula is C16H21ClF2N2O. The Labute approximate surface area is 135 Å². The summed E-state index contributed by atoms with van der Waals surface area (Å²) in [4.78, 5) is 14.1. The Morgan fingerprint density at radius 2 is 1.86 bits per heavy atom. The van der Waals surface area contributed by atoms with Crippen LogP contribution >= 0.6 is 12.4 Å². The van der Waals surface area contributed by atoms with Crippen LogP contribution in [0.15, 0.2) is 18.2 Å². The third-order valence-corrected chi connectivity index (χ3v) is 4.58. The first-order valence-electron chi connectivity index (χ1n) is 7.56. The van der Waals surface area contributed by atoms with Gasteiger partial charge < -0.3 is 10.2 Å². The fourth-order valence-corrected chi connectivity index (χ4v) is 3.36. The summed E-state index contributed by atoms with van der Waals surface area (Å²) in [6.07, 6.45) is 1.76. The Morgan fingerprint density at radius 3 is 2.50 bits per heavy atom. The van der Waals surface area contributed by atoms with Gasteiger partial charge in [0.2, 0.25) is 5.91 Å². The lowest BCUT2D eigenvalue weighted by Crippen LogP contribution is -2.31. The number of halogens is 3. The van der Waals surface area contributed by atoms with Gasteiger partial charge >= 0.3 is 0 Å². The minimum atomic E-state index is -0.827. The van der Waals surface area contributed by atoms with Crippen molar-refractivity contribution in [2.75, 3.05) is 26.2 Å². The van der Waals surface area contributed by atoms with Crippen LogP contribution in [0.2, 0.25) is 0 Å². The van der Waals surface area contributed by atoms with Crippen LogP contribution < -0.4 is 5.32 Å². The highest BCUT2D eigenvalue weighted by Crippen LogP contribution is 2.26. The molecule has 2 fully saturated rings. The van der Waals surface area contributed by atoms with Crippen LogP contribution in [0.25, 0.3) is 0 Å². The second-order valence-corrected chi connectivity index (χ2v) is 6.08. The second-order valence-electron chi connectivity index (χ2n) is 6.08. The Kier molecular flexibility index (Phi) is 5.75. The van der Waals surface area contributed by atoms with E-state index < -0.39 is 11.6 Å². The maximum absolute atomic E-state index is 13.1. The van der Waals surface area contributed by atoms with Crippen LogP contribution in [-0.2, 0) is 11.2 Å². The fraction of sp³-hybridized carbons (Fsp3) is 0.562. The first-order chi connectivity index (χ1) is 10.1. The minimum absolute atomic E-state index is 0. The van der Waals surface area contributed by atoms with Crippen molar-refractivity contribution < 1.29 is 13.6 Å². The molecule has 0 unspecified atom stereocenters. The first kappa shape index (κ1) is 17.2. The minimum Gasteiger partial charge on any atom is -0.342 e. The molecule has 2 aliphatic heterocycles. The average Bonchev–Trinajstić information content (AvgIpc) is 3.03. The molecule has 1 N–H and O–H groups in total. The van der Waals surface area contributed by atoms with Crippen molar-refractivity contribution in [2.24, 2.45) is 11.8 Å². The molecule has 0 aromatic heterocycles. The van der Waals surface area contributed by atoms with Gasteiger partial charge in [0.15, 0.2) is 11.6 Å². The van der Waals surface area contributed by atoms with E-state index >= 15 is 0 Å². The van der Waals surface area contributed by atoms with Crippen molar-refractivity contribution in [3.05, 3.63) is 35.4 Å². The zero-order valence-corrected chi connectivity index (χ0v) is 13.2. The topological polar surface area (TPSA) is 32.3 Å². The number of nitrogens with one attached hydrogen (secondary N) is 1. The van der Waals surface area contributed by atoms with Crippen molar-refractivity contribution in [3.8, 4) is 0 Å². The third-order valence-electron chi connectivity index (χ3n) is 4.58. The predicted octanol–water partition coefficient (Wildman–Crippen LogP) is 2.39. The van der Waals surface area contributed by atoms with Gasteiger partial charge in [0, 0.05) is 32.6 Å². The monoisotopic (exact) mass is 330 g/mol. The Morgan fingerprint density at radius 1 is 1.18 bits per heavy atom. The summed E-state index contributed by atoms with van der Waals surface area (Å²) < 4.78 is 25.9. The molecule has 0 radical (unpaired) electrons. The van der Waals surface area contributed by atoms with E-state index in [1.165, 1.54) is 6.07 Å². The molecule has 0 bridgehead atoms. The number of nitrogens with zero attached hydrogens (tertiary/aromatic N) is 1. The maximum atomic E-state index is 13.1. The van der Waals surface area contributed by atoms with E-state index in [9.17, 15) is 13.6 Å². The summed E-state index contributed by atoms with van der Waals surface area (Å²) in [5, 5.41) is 3.35. The zero-order valence-electron chi connectivity index (χ0n) is 12.4. The molecule has 1 aromatic carbocycles. The Bertz CT molecular complexity index is 529. The number of rotatable bonds is 4. The molecule has 22 heavy (non-hydrogen) atoms. The SMILES string of the molecule is Cl.O=C(CCCc1ccc(F)c(F)c1)N1C[C@H]2CNC[C@H]2C1. The highest BCUT2D eigenvalue weighted by Gasteiger charge is 2.37. The van der Waals surface area contributed by atoms with E-state index in [1.807, 2.05) is 4.90 Å². The van der Waals surface area contributed by atoms with E-state index in [1.54, 1.807) is 6.07 Å². The molecule has 3 rings (SSSR count). The van der Waals surface area contributed by atoms with E-state index in [4.69, 9.17) is 0 Å². The van der Waals surface area contributed by atoms with Crippen molar-refractivity contribution >= 4 is 18.3 Å². The van der Waals surface area contributed by atoms with Gasteiger partial charge in [-0.25, -0.2) is 8.78 Å². The molecule has 3 nitrogen and oxygen atoms in total. The number of carbonyl (C=O) groups excluding carboxylic acids is 1. The van der Waals surface area contributed by atoms with Crippen LogP contribution in [0, 0.1) is 23.5 Å². The highest BCUT2D eigenvalue weighted by atomic mass is 35.5. The smallest absolute Gasteiger partial charge is 0.222 e. The number of carbonyl (C=O) groups is 1. The number of benzene rings is 1. The molecule has 1 amide bonds. The van der Waals surface area contributed by atoms with Gasteiger partial charge in [0.25, 0.3) is 0 Å². The van der Waals surface area contributed by atoms with Gasteiger partial charge in [-0.15, -0.1) is 12.4 Å². The lowest BCUT2D eigenvalue weighted by atomic mass is 10.0. The number of aryl methyl sites for hydroxylation is 1. The molecule has 1 aromatic rings. The molecule has 0 aliphatic carbocycles. The van der Waals surface area contributed by atoms with Gasteiger partial charge in [0.05, 0.1) is 0 Å². The van der Waals surface area contributed by atoms with Crippen molar-refractivity contribution in [1.29, 1.82) is 0 Å². The van der Waals surface area contributed by atoms with E-state index in [2.05, 4.69) is 5.32 Å². The van der Waals surface area contributed by atoms with E-state index in [-0.39, 0.29) is 18.3 Å². The average molecular weight is 331 g/mol. The number of likely N-dealkylation sites (tertiary alicyclic amines) is 1. The van der Waals surface area contributed by atoms with Gasteiger partial charge in [-0.1, -0.05) is 6.07 Å². The number of fused-ring (bicyclic) bond motifs is 1. The zero-order chi connectivity index (χ0) is 14.8. The number of hydrogen-bond donors (Lipinski definition) is 1. The normalized spacial score (nSPS) is 23.3. The summed E-state index contributed by atoms with van der Waals surface area (Å²) in [6, 6.07) is 3.93. The molecule has 0 saturated carbocycles. The lowest BCUT2D eigenvalue weighted by Gasteiger charge is -2.17. The summed E-state index contributed by atoms with van der Waals surface area (Å²) >= 11 is 0. The highest BCUT2D eigenvalue weighted by molar-refractivity contribution is 5.85. The summed E-state index contributed by atoms with van der Waals surface area (Å²) in [5.74, 6) is -0.238. The van der Waals surface area contributed by atoms with Crippen LogP contribution in [0.5, 0.6) is 0 Å². The van der Waals surface area contributed by atoms with E-state index in [0.29, 0.717) is 31.1 Å². The van der Waals surface area contributed by atoms with Gasteiger partial charge in [-0.3, -0.25) is 4.79 Å². The molecule has 2 saturated heterocycles. The summed E-state index contributed by atoms with van der Waals surface area (Å²) in [5.41, 5.74) is 0.740. The summed E-state index contributed by atoms with van der Waals surface area (Å²) in [6.45, 7) is 3.76. The standard InChI is InChI=1S/C16H20F2N2O.ClH/c17-14-5-4-11(6-15(14)18)2-1-3-16(21)20-9-12-7-19-8-13(12)10-20;/h4-6,12-13,19H,1-3,7-10H2;1H/t12-,13+;. The van der Waals surface area contributed by atoms with Crippen LogP contribution in [0.3, 0.4) is 0 Å². The maximum Gasteiger partial charge on any atom is 0.222 e. The molecule has 2 aliphatic rings. The van der Waals surface area contributed by atoms with Crippen LogP contribution in [0.4, 0.5) is 8.78 Å². The third kappa shape index (κ3) is 3.76. The predicted molar refractivity (Wildman–Crippen MR) is 83.0 cm³/mol. The number of amides is 1. The molecule has 0 spiro atoms. The molecule has 2 heterocycles. The van der Waals surface area contributed by atoms with Crippen molar-refractivity contribution in [1.82, 2.24) is 10.2 Å². The largest absolute Gasteiger partial charge is 0.342 e. The van der Waals surface area contributed by atoms with Gasteiger partial charge in [0.1, 0.15) is 0 Å². The first-order valence-corrected chi connectivity index (χ1v) is 7.56. The molecule has 2 atom stereocenters. The van der Waals surface area contributed by atoms with Gasteiger partial charge in [-0.05, 0) is 42.4 Å². The Balaban J connectivity index is 0.00000176. The number of hydrogen-bond acceptors (Lipinski definition) is 2. The lowest BCUT2D eigenvalue weighted by molar-refractivity contribution is -0.130. The molecule has 6 heteroatoms. The Hall–Kier alpha value is -1.20. The summed E-state index contributed by atoms with van der Waals surface area (Å²) in [7, 11) is 0. The fourth-order valence-electron chi connectivity index (χ4n) is 3.36. The van der Waals surface area contributed by atoms with Crippen LogP contribution in [0.1, 0.15) is 18.4 Å².